The van der Waals surface area contributed by atoms with Gasteiger partial charge in [-0.2, -0.15) is 0 Å². The molecule has 4 nitrogen and oxygen atoms in total. The molecule has 0 aliphatic rings. The summed E-state index contributed by atoms with van der Waals surface area (Å²) in [5.74, 6) is 0. The van der Waals surface area contributed by atoms with Gasteiger partial charge in [-0.05, 0) is 48.5 Å². The largest absolute Gasteiger partial charge is 0.332 e. The van der Waals surface area contributed by atoms with Crippen LogP contribution in [0.15, 0.2) is 47.5 Å². The van der Waals surface area contributed by atoms with Crippen LogP contribution < -0.4 is 5.56 Å². The van der Waals surface area contributed by atoms with Crippen molar-refractivity contribution >= 4 is 23.1 Å². The molecule has 0 bridgehead atoms. The minimum atomic E-state index is -0.0763. The Hall–Kier alpha value is -2.27. The monoisotopic (exact) mass is 283 g/mol. The summed E-state index contributed by atoms with van der Waals surface area (Å²) in [7, 11) is 0. The van der Waals surface area contributed by atoms with Crippen LogP contribution in [-0.2, 0) is 6.54 Å². The molecule has 0 radical (unpaired) electrons. The van der Waals surface area contributed by atoms with Gasteiger partial charge in [0.25, 0.3) is 5.56 Å². The molecule has 1 N–H and O–H groups in total. The molecule has 0 spiro atoms. The third-order valence-electron chi connectivity index (χ3n) is 3.37. The molecule has 0 saturated carbocycles. The summed E-state index contributed by atoms with van der Waals surface area (Å²) in [6.45, 7) is 2.43. The number of hydrogen-bond acceptors (Lipinski definition) is 3. The molecule has 0 atom stereocenters. The number of hydrogen-bond donors (Lipinski definition) is 1. The Morgan fingerprint density at radius 1 is 1.30 bits per heavy atom. The SMILES string of the molecule is Cc1ccncc1Cn1c(=S)[nH]c2ccccc2c1=O. The van der Waals surface area contributed by atoms with Crippen LogP contribution in [0.3, 0.4) is 0 Å². The van der Waals surface area contributed by atoms with E-state index in [0.717, 1.165) is 16.6 Å². The Balaban J connectivity index is 2.20. The molecule has 0 saturated heterocycles. The summed E-state index contributed by atoms with van der Waals surface area (Å²) in [5.41, 5.74) is 2.77. The summed E-state index contributed by atoms with van der Waals surface area (Å²) in [6, 6.07) is 9.30. The van der Waals surface area contributed by atoms with E-state index >= 15 is 0 Å². The van der Waals surface area contributed by atoms with Crippen molar-refractivity contribution in [3.8, 4) is 0 Å². The van der Waals surface area contributed by atoms with Crippen LogP contribution in [-0.4, -0.2) is 14.5 Å². The Morgan fingerprint density at radius 3 is 2.90 bits per heavy atom. The molecule has 0 aliphatic heterocycles. The second-order valence-electron chi connectivity index (χ2n) is 4.67. The van der Waals surface area contributed by atoms with Crippen LogP contribution in [0.5, 0.6) is 0 Å². The zero-order valence-corrected chi connectivity index (χ0v) is 11.8. The number of para-hydroxylation sites is 1. The molecule has 0 unspecified atom stereocenters. The van der Waals surface area contributed by atoms with E-state index in [2.05, 4.69) is 9.97 Å². The molecular formula is C15H13N3OS. The first-order valence-electron chi connectivity index (χ1n) is 6.28. The lowest BCUT2D eigenvalue weighted by molar-refractivity contribution is 0.728. The molecule has 0 amide bonds. The van der Waals surface area contributed by atoms with Gasteiger partial charge in [0.1, 0.15) is 0 Å². The molecule has 3 rings (SSSR count). The van der Waals surface area contributed by atoms with E-state index < -0.39 is 0 Å². The standard InChI is InChI=1S/C15H13N3OS/c1-10-6-7-16-8-11(10)9-18-14(19)12-4-2-3-5-13(12)17-15(18)20/h2-8H,9H2,1H3,(H,17,20). The Labute approximate surface area is 120 Å². The minimum Gasteiger partial charge on any atom is -0.332 e. The van der Waals surface area contributed by atoms with E-state index in [9.17, 15) is 4.79 Å². The molecule has 100 valence electrons. The topological polar surface area (TPSA) is 50.7 Å². The molecule has 20 heavy (non-hydrogen) atoms. The van der Waals surface area contributed by atoms with Gasteiger partial charge < -0.3 is 4.98 Å². The van der Waals surface area contributed by atoms with Gasteiger partial charge in [0.15, 0.2) is 4.77 Å². The van der Waals surface area contributed by atoms with E-state index in [1.807, 2.05) is 31.2 Å². The fourth-order valence-electron chi connectivity index (χ4n) is 2.18. The third kappa shape index (κ3) is 2.16. The second-order valence-corrected chi connectivity index (χ2v) is 5.06. The van der Waals surface area contributed by atoms with Crippen LogP contribution in [0, 0.1) is 11.7 Å². The number of aromatic amines is 1. The summed E-state index contributed by atoms with van der Waals surface area (Å²) >= 11 is 5.30. The average Bonchev–Trinajstić information content (AvgIpc) is 2.45. The lowest BCUT2D eigenvalue weighted by Crippen LogP contribution is -2.23. The van der Waals surface area contributed by atoms with E-state index in [-0.39, 0.29) is 5.56 Å². The maximum Gasteiger partial charge on any atom is 0.262 e. The Bertz CT molecular complexity index is 895. The number of aryl methyl sites for hydroxylation is 1. The van der Waals surface area contributed by atoms with Gasteiger partial charge in [0, 0.05) is 12.4 Å². The summed E-state index contributed by atoms with van der Waals surface area (Å²) < 4.78 is 2.00. The van der Waals surface area contributed by atoms with E-state index in [1.165, 1.54) is 0 Å². The van der Waals surface area contributed by atoms with Crippen LogP contribution in [0.2, 0.25) is 0 Å². The van der Waals surface area contributed by atoms with Gasteiger partial charge in [-0.25, -0.2) is 0 Å². The maximum absolute atomic E-state index is 12.5. The normalized spacial score (nSPS) is 10.8. The van der Waals surface area contributed by atoms with Crippen molar-refractivity contribution in [2.75, 3.05) is 0 Å². The minimum absolute atomic E-state index is 0.0763. The number of benzene rings is 1. The zero-order valence-electron chi connectivity index (χ0n) is 11.0. The first-order chi connectivity index (χ1) is 9.66. The number of rotatable bonds is 2. The van der Waals surface area contributed by atoms with Crippen molar-refractivity contribution in [2.45, 2.75) is 13.5 Å². The first kappa shape index (κ1) is 12.7. The fraction of sp³-hybridized carbons (Fsp3) is 0.133. The predicted octanol–water partition coefficient (Wildman–Crippen LogP) is 2.81. The average molecular weight is 283 g/mol. The molecule has 2 aromatic heterocycles. The molecular weight excluding hydrogens is 270 g/mol. The van der Waals surface area contributed by atoms with Gasteiger partial charge >= 0.3 is 0 Å². The smallest absolute Gasteiger partial charge is 0.262 e. The van der Waals surface area contributed by atoms with Gasteiger partial charge in [-0.3, -0.25) is 14.3 Å². The highest BCUT2D eigenvalue weighted by molar-refractivity contribution is 7.71. The van der Waals surface area contributed by atoms with Crippen molar-refractivity contribution < 1.29 is 0 Å². The van der Waals surface area contributed by atoms with Gasteiger partial charge in [0.2, 0.25) is 0 Å². The van der Waals surface area contributed by atoms with Crippen molar-refractivity contribution in [3.63, 3.8) is 0 Å². The quantitative estimate of drug-likeness (QED) is 0.736. The highest BCUT2D eigenvalue weighted by atomic mass is 32.1. The van der Waals surface area contributed by atoms with E-state index in [4.69, 9.17) is 12.2 Å². The lowest BCUT2D eigenvalue weighted by atomic mass is 10.1. The first-order valence-corrected chi connectivity index (χ1v) is 6.69. The fourth-order valence-corrected chi connectivity index (χ4v) is 2.43. The van der Waals surface area contributed by atoms with Gasteiger partial charge in [-0.15, -0.1) is 0 Å². The van der Waals surface area contributed by atoms with Crippen LogP contribution in [0.1, 0.15) is 11.1 Å². The summed E-state index contributed by atoms with van der Waals surface area (Å²) in [5, 5.41) is 0.641. The Kier molecular flexibility index (Phi) is 3.20. The van der Waals surface area contributed by atoms with E-state index in [0.29, 0.717) is 16.7 Å². The highest BCUT2D eigenvalue weighted by Gasteiger charge is 2.07. The van der Waals surface area contributed by atoms with Crippen LogP contribution in [0.25, 0.3) is 10.9 Å². The van der Waals surface area contributed by atoms with Gasteiger partial charge in [-0.1, -0.05) is 12.1 Å². The zero-order chi connectivity index (χ0) is 14.1. The summed E-state index contributed by atoms with van der Waals surface area (Å²) in [4.78, 5) is 19.7. The van der Waals surface area contributed by atoms with Crippen molar-refractivity contribution in [2.24, 2.45) is 0 Å². The number of nitrogens with one attached hydrogen (secondary N) is 1. The molecule has 2 heterocycles. The highest BCUT2D eigenvalue weighted by Crippen LogP contribution is 2.09. The number of aromatic nitrogens is 3. The second kappa shape index (κ2) is 5.02. The number of pyridine rings is 1. The Morgan fingerprint density at radius 2 is 2.10 bits per heavy atom. The molecule has 0 aliphatic carbocycles. The van der Waals surface area contributed by atoms with Crippen molar-refractivity contribution in [3.05, 3.63) is 69.0 Å². The molecule has 0 fully saturated rings. The predicted molar refractivity (Wildman–Crippen MR) is 81.5 cm³/mol. The maximum atomic E-state index is 12.5. The number of fused-ring (bicyclic) bond motifs is 1. The van der Waals surface area contributed by atoms with E-state index in [1.54, 1.807) is 23.0 Å². The third-order valence-corrected chi connectivity index (χ3v) is 3.69. The molecule has 3 aromatic rings. The molecule has 1 aromatic carbocycles. The van der Waals surface area contributed by atoms with Crippen molar-refractivity contribution in [1.82, 2.24) is 14.5 Å². The molecule has 5 heteroatoms. The van der Waals surface area contributed by atoms with Crippen LogP contribution >= 0.6 is 12.2 Å². The van der Waals surface area contributed by atoms with Crippen molar-refractivity contribution in [1.29, 1.82) is 0 Å². The number of H-pyrrole nitrogens is 1. The number of nitrogens with zero attached hydrogens (tertiary/aromatic N) is 2. The summed E-state index contributed by atoms with van der Waals surface area (Å²) in [6.07, 6.45) is 3.51. The lowest BCUT2D eigenvalue weighted by Gasteiger charge is -2.09. The van der Waals surface area contributed by atoms with Gasteiger partial charge in [0.05, 0.1) is 17.4 Å². The van der Waals surface area contributed by atoms with Crippen LogP contribution in [0.4, 0.5) is 0 Å².